The smallest absolute Gasteiger partial charge is 0.238 e. The van der Waals surface area contributed by atoms with Crippen molar-refractivity contribution in [3.63, 3.8) is 0 Å². The molecule has 0 saturated carbocycles. The fraction of sp³-hybridized carbons (Fsp3) is 0.292. The normalized spacial score (nSPS) is 14.6. The molecule has 178 valence electrons. The van der Waals surface area contributed by atoms with E-state index in [1.54, 1.807) is 25.6 Å². The third-order valence-electron chi connectivity index (χ3n) is 5.95. The molecule has 10 heteroatoms. The van der Waals surface area contributed by atoms with Gasteiger partial charge in [0.05, 0.1) is 17.7 Å². The van der Waals surface area contributed by atoms with Gasteiger partial charge in [-0.2, -0.15) is 0 Å². The van der Waals surface area contributed by atoms with Gasteiger partial charge in [-0.25, -0.2) is 23.5 Å². The zero-order valence-electron chi connectivity index (χ0n) is 18.8. The summed E-state index contributed by atoms with van der Waals surface area (Å²) in [6.07, 6.45) is 3.00. The summed E-state index contributed by atoms with van der Waals surface area (Å²) in [5.74, 6) is 1.55. The first-order valence-corrected chi connectivity index (χ1v) is 12.5. The number of hydrogen-bond donors (Lipinski definition) is 2. The Hall–Kier alpha value is -3.50. The maximum Gasteiger partial charge on any atom is 0.238 e. The van der Waals surface area contributed by atoms with Crippen LogP contribution in [0, 0.1) is 5.92 Å². The molecule has 0 aliphatic carbocycles. The van der Waals surface area contributed by atoms with Crippen LogP contribution in [0.4, 0.5) is 5.82 Å². The maximum atomic E-state index is 12.7. The molecule has 1 fully saturated rings. The highest BCUT2D eigenvalue weighted by Crippen LogP contribution is 2.26. The van der Waals surface area contributed by atoms with E-state index in [0.29, 0.717) is 6.54 Å². The Labute approximate surface area is 199 Å². The number of carbonyl (C=O) groups is 1. The highest BCUT2D eigenvalue weighted by Gasteiger charge is 2.25. The number of piperidine rings is 1. The summed E-state index contributed by atoms with van der Waals surface area (Å²) < 4.78 is 27.9. The number of amides is 1. The van der Waals surface area contributed by atoms with Crippen LogP contribution in [-0.4, -0.2) is 44.5 Å². The van der Waals surface area contributed by atoms with Crippen molar-refractivity contribution in [2.45, 2.75) is 24.3 Å². The largest absolute Gasteiger partial charge is 0.497 e. The highest BCUT2D eigenvalue weighted by molar-refractivity contribution is 7.89. The van der Waals surface area contributed by atoms with E-state index in [2.05, 4.69) is 20.2 Å². The van der Waals surface area contributed by atoms with Crippen LogP contribution in [0.25, 0.3) is 11.3 Å². The summed E-state index contributed by atoms with van der Waals surface area (Å²) in [7, 11) is -2.09. The molecule has 0 atom stereocenters. The van der Waals surface area contributed by atoms with Crippen molar-refractivity contribution in [3.8, 4) is 17.0 Å². The van der Waals surface area contributed by atoms with Crippen molar-refractivity contribution in [2.24, 2.45) is 11.1 Å². The number of sulfonamides is 1. The molecule has 2 aromatic carbocycles. The standard InChI is InChI=1S/C24H27N5O4S/c1-33-20-6-4-18(5-7-20)22-14-23(28-16-27-22)29-12-10-19(11-13-29)24(30)26-15-17-2-8-21(9-3-17)34(25,31)32/h2-9,14,16,19H,10-13,15H2,1H3,(H,26,30)(H2,25,31,32). The molecular weight excluding hydrogens is 454 g/mol. The number of nitrogens with zero attached hydrogens (tertiary/aromatic N) is 3. The predicted molar refractivity (Wildman–Crippen MR) is 129 cm³/mol. The first kappa shape index (κ1) is 23.7. The summed E-state index contributed by atoms with van der Waals surface area (Å²) in [6, 6.07) is 15.9. The van der Waals surface area contributed by atoms with E-state index in [0.717, 1.165) is 54.3 Å². The number of anilines is 1. The van der Waals surface area contributed by atoms with Crippen molar-refractivity contribution >= 4 is 21.7 Å². The molecule has 0 unspecified atom stereocenters. The van der Waals surface area contributed by atoms with Gasteiger partial charge in [-0.3, -0.25) is 4.79 Å². The molecule has 1 amide bonds. The number of rotatable bonds is 7. The zero-order valence-corrected chi connectivity index (χ0v) is 19.7. The Balaban J connectivity index is 1.31. The molecule has 1 aromatic heterocycles. The highest BCUT2D eigenvalue weighted by atomic mass is 32.2. The molecule has 3 aromatic rings. The first-order chi connectivity index (χ1) is 16.3. The lowest BCUT2D eigenvalue weighted by molar-refractivity contribution is -0.125. The molecule has 0 spiro atoms. The van der Waals surface area contributed by atoms with Crippen molar-refractivity contribution in [3.05, 3.63) is 66.5 Å². The topological polar surface area (TPSA) is 128 Å². The quantitative estimate of drug-likeness (QED) is 0.530. The Bertz CT molecular complexity index is 1240. The Kier molecular flexibility index (Phi) is 7.09. The number of nitrogens with two attached hydrogens (primary N) is 1. The van der Waals surface area contributed by atoms with Crippen molar-refractivity contribution in [1.82, 2.24) is 15.3 Å². The third-order valence-corrected chi connectivity index (χ3v) is 6.88. The lowest BCUT2D eigenvalue weighted by Crippen LogP contribution is -2.40. The Morgan fingerprint density at radius 1 is 1.09 bits per heavy atom. The van der Waals surface area contributed by atoms with Crippen LogP contribution in [0.5, 0.6) is 5.75 Å². The number of benzene rings is 2. The van der Waals surface area contributed by atoms with Crippen molar-refractivity contribution in [2.75, 3.05) is 25.1 Å². The molecular formula is C24H27N5O4S. The van der Waals surface area contributed by atoms with Crippen LogP contribution in [0.2, 0.25) is 0 Å². The van der Waals surface area contributed by atoms with Crippen LogP contribution >= 0.6 is 0 Å². The van der Waals surface area contributed by atoms with Crippen molar-refractivity contribution < 1.29 is 17.9 Å². The number of methoxy groups -OCH3 is 1. The van der Waals surface area contributed by atoms with Gasteiger partial charge in [0, 0.05) is 37.2 Å². The van der Waals surface area contributed by atoms with E-state index in [-0.39, 0.29) is 16.7 Å². The average molecular weight is 482 g/mol. The molecule has 1 saturated heterocycles. The van der Waals surface area contributed by atoms with Gasteiger partial charge in [-0.15, -0.1) is 0 Å². The molecule has 1 aliphatic rings. The first-order valence-electron chi connectivity index (χ1n) is 10.9. The third kappa shape index (κ3) is 5.70. The van der Waals surface area contributed by atoms with E-state index in [4.69, 9.17) is 9.88 Å². The van der Waals surface area contributed by atoms with Gasteiger partial charge in [-0.05, 0) is 54.8 Å². The predicted octanol–water partition coefficient (Wildman–Crippen LogP) is 2.33. The maximum absolute atomic E-state index is 12.7. The SMILES string of the molecule is COc1ccc(-c2cc(N3CCC(C(=O)NCc4ccc(S(N)(=O)=O)cc4)CC3)ncn2)cc1. The van der Waals surface area contributed by atoms with Crippen LogP contribution in [-0.2, 0) is 21.4 Å². The minimum atomic E-state index is -3.72. The molecule has 4 rings (SSSR count). The fourth-order valence-electron chi connectivity index (χ4n) is 3.94. The van der Waals surface area contributed by atoms with Crippen LogP contribution in [0.1, 0.15) is 18.4 Å². The van der Waals surface area contributed by atoms with Gasteiger partial charge < -0.3 is 15.0 Å². The van der Waals surface area contributed by atoms with E-state index < -0.39 is 10.0 Å². The second-order valence-corrected chi connectivity index (χ2v) is 9.72. The van der Waals surface area contributed by atoms with E-state index >= 15 is 0 Å². The second kappa shape index (κ2) is 10.2. The summed E-state index contributed by atoms with van der Waals surface area (Å²) in [4.78, 5) is 23.7. The summed E-state index contributed by atoms with van der Waals surface area (Å²) in [5, 5.41) is 8.06. The molecule has 1 aliphatic heterocycles. The van der Waals surface area contributed by atoms with Crippen LogP contribution < -0.4 is 20.1 Å². The number of hydrogen-bond acceptors (Lipinski definition) is 7. The minimum absolute atomic E-state index is 0.00298. The number of primary sulfonamides is 1. The van der Waals surface area contributed by atoms with Gasteiger partial charge in [-0.1, -0.05) is 12.1 Å². The monoisotopic (exact) mass is 481 g/mol. The van der Waals surface area contributed by atoms with E-state index in [1.165, 1.54) is 12.1 Å². The average Bonchev–Trinajstić information content (AvgIpc) is 2.87. The molecule has 0 bridgehead atoms. The molecule has 3 N–H and O–H groups in total. The Morgan fingerprint density at radius 2 is 1.76 bits per heavy atom. The van der Waals surface area contributed by atoms with Gasteiger partial charge in [0.25, 0.3) is 0 Å². The van der Waals surface area contributed by atoms with E-state index in [9.17, 15) is 13.2 Å². The number of aromatic nitrogens is 2. The van der Waals surface area contributed by atoms with Crippen molar-refractivity contribution in [1.29, 1.82) is 0 Å². The lowest BCUT2D eigenvalue weighted by Gasteiger charge is -2.32. The van der Waals surface area contributed by atoms with Crippen LogP contribution in [0.3, 0.4) is 0 Å². The molecule has 0 radical (unpaired) electrons. The molecule has 2 heterocycles. The fourth-order valence-corrected chi connectivity index (χ4v) is 4.46. The van der Waals surface area contributed by atoms with Gasteiger partial charge in [0.2, 0.25) is 15.9 Å². The van der Waals surface area contributed by atoms with Crippen LogP contribution in [0.15, 0.2) is 65.8 Å². The summed E-state index contributed by atoms with van der Waals surface area (Å²) in [5.41, 5.74) is 2.63. The zero-order chi connectivity index (χ0) is 24.1. The van der Waals surface area contributed by atoms with Gasteiger partial charge >= 0.3 is 0 Å². The minimum Gasteiger partial charge on any atom is -0.497 e. The molecule has 34 heavy (non-hydrogen) atoms. The number of ether oxygens (including phenoxy) is 1. The Morgan fingerprint density at radius 3 is 2.38 bits per heavy atom. The second-order valence-electron chi connectivity index (χ2n) is 8.16. The summed E-state index contributed by atoms with van der Waals surface area (Å²) in [6.45, 7) is 1.78. The van der Waals surface area contributed by atoms with E-state index in [1.807, 2.05) is 30.3 Å². The molecule has 9 nitrogen and oxygen atoms in total. The summed E-state index contributed by atoms with van der Waals surface area (Å²) >= 11 is 0. The lowest BCUT2D eigenvalue weighted by atomic mass is 9.95. The van der Waals surface area contributed by atoms with Gasteiger partial charge in [0.1, 0.15) is 17.9 Å². The number of carbonyl (C=O) groups excluding carboxylic acids is 1. The number of nitrogens with one attached hydrogen (secondary N) is 1. The van der Waals surface area contributed by atoms with Gasteiger partial charge in [0.15, 0.2) is 0 Å².